The van der Waals surface area contributed by atoms with Crippen molar-refractivity contribution in [3.05, 3.63) is 0 Å². The molecule has 0 heterocycles. The zero-order valence-electron chi connectivity index (χ0n) is 4.97. The van der Waals surface area contributed by atoms with E-state index in [4.69, 9.17) is 16.7 Å². The van der Waals surface area contributed by atoms with Gasteiger partial charge in [-0.2, -0.15) is 11.8 Å². The highest BCUT2D eigenvalue weighted by molar-refractivity contribution is 7.99. The Kier molecular flexibility index (Phi) is 6.31. The first-order valence-corrected chi connectivity index (χ1v) is 4.32. The molecular formula is C5H9ClO2S. The average Bonchev–Trinajstić information content (AvgIpc) is 1.80. The van der Waals surface area contributed by atoms with Gasteiger partial charge in [0, 0.05) is 17.4 Å². The van der Waals surface area contributed by atoms with Crippen LogP contribution in [0.3, 0.4) is 0 Å². The van der Waals surface area contributed by atoms with Crippen LogP contribution in [0, 0.1) is 0 Å². The lowest BCUT2D eigenvalue weighted by Crippen LogP contribution is -1.96. The third kappa shape index (κ3) is 8.11. The van der Waals surface area contributed by atoms with Crippen molar-refractivity contribution in [3.63, 3.8) is 0 Å². The quantitative estimate of drug-likeness (QED) is 0.499. The van der Waals surface area contributed by atoms with Crippen LogP contribution >= 0.6 is 23.4 Å². The number of carbonyl (C=O) groups is 1. The molecule has 2 nitrogen and oxygen atoms in total. The monoisotopic (exact) mass is 168 g/mol. The molecule has 0 unspecified atom stereocenters. The van der Waals surface area contributed by atoms with E-state index in [-0.39, 0.29) is 6.42 Å². The summed E-state index contributed by atoms with van der Waals surface area (Å²) in [7, 11) is 0. The lowest BCUT2D eigenvalue weighted by atomic mass is 10.5. The van der Waals surface area contributed by atoms with Crippen LogP contribution in [0.4, 0.5) is 0 Å². The number of aliphatic carboxylic acids is 1. The molecule has 0 aliphatic carbocycles. The van der Waals surface area contributed by atoms with Crippen LogP contribution in [0.1, 0.15) is 6.42 Å². The molecule has 54 valence electrons. The van der Waals surface area contributed by atoms with E-state index < -0.39 is 5.97 Å². The summed E-state index contributed by atoms with van der Waals surface area (Å²) in [5.74, 6) is 1.37. The molecule has 0 saturated carbocycles. The van der Waals surface area contributed by atoms with E-state index in [1.54, 1.807) is 11.8 Å². The van der Waals surface area contributed by atoms with Crippen LogP contribution in [0.25, 0.3) is 0 Å². The predicted molar refractivity (Wildman–Crippen MR) is 40.3 cm³/mol. The van der Waals surface area contributed by atoms with Gasteiger partial charge in [-0.05, 0) is 0 Å². The SMILES string of the molecule is O=C(O)CCSCCCl. The molecule has 0 radical (unpaired) electrons. The zero-order chi connectivity index (χ0) is 7.11. The van der Waals surface area contributed by atoms with E-state index in [0.717, 1.165) is 5.75 Å². The summed E-state index contributed by atoms with van der Waals surface area (Å²) in [4.78, 5) is 9.92. The fourth-order valence-electron chi connectivity index (χ4n) is 0.316. The normalized spacial score (nSPS) is 9.44. The number of halogens is 1. The molecule has 4 heteroatoms. The molecule has 0 amide bonds. The van der Waals surface area contributed by atoms with Crippen molar-refractivity contribution in [1.29, 1.82) is 0 Å². The number of carboxylic acids is 1. The summed E-state index contributed by atoms with van der Waals surface area (Å²) in [6.45, 7) is 0. The minimum absolute atomic E-state index is 0.238. The number of hydrogen-bond donors (Lipinski definition) is 1. The molecule has 0 saturated heterocycles. The molecule has 0 bridgehead atoms. The zero-order valence-corrected chi connectivity index (χ0v) is 6.54. The first-order chi connectivity index (χ1) is 4.27. The van der Waals surface area contributed by atoms with E-state index in [1.807, 2.05) is 0 Å². The van der Waals surface area contributed by atoms with Gasteiger partial charge < -0.3 is 5.11 Å². The number of thioether (sulfide) groups is 1. The largest absolute Gasteiger partial charge is 0.481 e. The van der Waals surface area contributed by atoms with Crippen LogP contribution < -0.4 is 0 Å². The third-order valence-corrected chi connectivity index (χ3v) is 2.08. The van der Waals surface area contributed by atoms with Crippen molar-refractivity contribution < 1.29 is 9.90 Å². The Morgan fingerprint density at radius 1 is 1.56 bits per heavy atom. The van der Waals surface area contributed by atoms with Gasteiger partial charge in [-0.15, -0.1) is 11.6 Å². The van der Waals surface area contributed by atoms with Gasteiger partial charge in [0.25, 0.3) is 0 Å². The third-order valence-electron chi connectivity index (χ3n) is 0.682. The summed E-state index contributed by atoms with van der Waals surface area (Å²) in [6, 6.07) is 0. The van der Waals surface area contributed by atoms with Crippen molar-refractivity contribution in [1.82, 2.24) is 0 Å². The Balaban J connectivity index is 2.83. The molecular weight excluding hydrogens is 160 g/mol. The van der Waals surface area contributed by atoms with E-state index in [9.17, 15) is 4.79 Å². The molecule has 0 aliphatic rings. The van der Waals surface area contributed by atoms with Crippen molar-refractivity contribution in [2.24, 2.45) is 0 Å². The van der Waals surface area contributed by atoms with Gasteiger partial charge in [-0.25, -0.2) is 0 Å². The predicted octanol–water partition coefficient (Wildman–Crippen LogP) is 1.43. The fourth-order valence-corrected chi connectivity index (χ4v) is 1.28. The van der Waals surface area contributed by atoms with Gasteiger partial charge in [0.2, 0.25) is 0 Å². The number of rotatable bonds is 5. The van der Waals surface area contributed by atoms with Crippen LogP contribution in [-0.4, -0.2) is 28.5 Å². The maximum Gasteiger partial charge on any atom is 0.304 e. The second-order valence-corrected chi connectivity index (χ2v) is 3.05. The fraction of sp³-hybridized carbons (Fsp3) is 0.800. The minimum atomic E-state index is -0.739. The molecule has 0 atom stereocenters. The maximum absolute atomic E-state index is 9.92. The average molecular weight is 169 g/mol. The second kappa shape index (κ2) is 6.23. The Bertz CT molecular complexity index is 87.0. The lowest BCUT2D eigenvalue weighted by molar-refractivity contribution is -0.136. The molecule has 9 heavy (non-hydrogen) atoms. The number of carboxylic acid groups (broad SMARTS) is 1. The highest BCUT2D eigenvalue weighted by Crippen LogP contribution is 2.01. The smallest absolute Gasteiger partial charge is 0.304 e. The van der Waals surface area contributed by atoms with Crippen molar-refractivity contribution in [2.75, 3.05) is 17.4 Å². The molecule has 0 spiro atoms. The standard InChI is InChI=1S/C5H9ClO2S/c6-2-4-9-3-1-5(7)8/h1-4H2,(H,7,8). The van der Waals surface area contributed by atoms with Gasteiger partial charge in [0.1, 0.15) is 0 Å². The van der Waals surface area contributed by atoms with E-state index >= 15 is 0 Å². The van der Waals surface area contributed by atoms with Gasteiger partial charge in [-0.3, -0.25) is 4.79 Å². The number of hydrogen-bond acceptors (Lipinski definition) is 2. The summed E-state index contributed by atoms with van der Waals surface area (Å²) >= 11 is 6.92. The molecule has 1 N–H and O–H groups in total. The maximum atomic E-state index is 9.92. The highest BCUT2D eigenvalue weighted by Gasteiger charge is 1.94. The van der Waals surface area contributed by atoms with Gasteiger partial charge in [0.15, 0.2) is 0 Å². The topological polar surface area (TPSA) is 37.3 Å². The Labute approximate surface area is 63.6 Å². The minimum Gasteiger partial charge on any atom is -0.481 e. The van der Waals surface area contributed by atoms with Crippen molar-refractivity contribution in [2.45, 2.75) is 6.42 Å². The molecule has 0 aliphatic heterocycles. The van der Waals surface area contributed by atoms with Crippen LogP contribution in [0.15, 0.2) is 0 Å². The van der Waals surface area contributed by atoms with Crippen molar-refractivity contribution >= 4 is 29.3 Å². The molecule has 0 aromatic heterocycles. The molecule has 0 fully saturated rings. The Morgan fingerprint density at radius 3 is 2.67 bits per heavy atom. The summed E-state index contributed by atoms with van der Waals surface area (Å²) in [5.41, 5.74) is 0. The first kappa shape index (κ1) is 9.11. The van der Waals surface area contributed by atoms with Gasteiger partial charge in [-0.1, -0.05) is 0 Å². The van der Waals surface area contributed by atoms with Crippen LogP contribution in [0.2, 0.25) is 0 Å². The molecule has 0 rings (SSSR count). The molecule has 0 aromatic rings. The van der Waals surface area contributed by atoms with Crippen LogP contribution in [0.5, 0.6) is 0 Å². The second-order valence-electron chi connectivity index (χ2n) is 1.45. The van der Waals surface area contributed by atoms with Gasteiger partial charge >= 0.3 is 5.97 Å². The Hall–Kier alpha value is 0.110. The first-order valence-electron chi connectivity index (χ1n) is 2.63. The lowest BCUT2D eigenvalue weighted by Gasteiger charge is -1.92. The van der Waals surface area contributed by atoms with Crippen LogP contribution in [-0.2, 0) is 4.79 Å². The summed E-state index contributed by atoms with van der Waals surface area (Å²) in [6.07, 6.45) is 0.238. The van der Waals surface area contributed by atoms with E-state index in [2.05, 4.69) is 0 Å². The van der Waals surface area contributed by atoms with Gasteiger partial charge in [0.05, 0.1) is 6.42 Å². The highest BCUT2D eigenvalue weighted by atomic mass is 35.5. The van der Waals surface area contributed by atoms with E-state index in [0.29, 0.717) is 11.6 Å². The summed E-state index contributed by atoms with van der Waals surface area (Å²) < 4.78 is 0. The summed E-state index contributed by atoms with van der Waals surface area (Å²) in [5, 5.41) is 8.17. The number of alkyl halides is 1. The Morgan fingerprint density at radius 2 is 2.22 bits per heavy atom. The van der Waals surface area contributed by atoms with E-state index in [1.165, 1.54) is 0 Å². The molecule has 0 aromatic carbocycles. The van der Waals surface area contributed by atoms with Crippen molar-refractivity contribution in [3.8, 4) is 0 Å².